The first kappa shape index (κ1) is 17.1. The van der Waals surface area contributed by atoms with Crippen LogP contribution in [0.3, 0.4) is 0 Å². The van der Waals surface area contributed by atoms with Crippen LogP contribution in [0.5, 0.6) is 0 Å². The molecule has 0 saturated carbocycles. The Morgan fingerprint density at radius 1 is 1.08 bits per heavy atom. The van der Waals surface area contributed by atoms with Gasteiger partial charge in [-0.05, 0) is 30.2 Å². The van der Waals surface area contributed by atoms with E-state index >= 15 is 0 Å². The zero-order chi connectivity index (χ0) is 17.6. The minimum atomic E-state index is -0.541. The number of aliphatic hydroxyl groups excluding tert-OH is 1. The van der Waals surface area contributed by atoms with Crippen LogP contribution >= 0.6 is 0 Å². The number of aliphatic hydroxyl groups is 1. The van der Waals surface area contributed by atoms with Crippen LogP contribution < -0.4 is 0 Å². The molecule has 128 valence electrons. The number of hydrogen-bond donors (Lipinski definition) is 1. The molecule has 0 bridgehead atoms. The summed E-state index contributed by atoms with van der Waals surface area (Å²) in [5.41, 5.74) is 2.45. The highest BCUT2D eigenvalue weighted by Gasteiger charge is 2.20. The molecule has 0 aliphatic rings. The standard InChI is InChI=1S/C21H22N2O2/c1-2-17(24)15-23(14-16-8-4-3-5-9-16)21(25)19-10-6-12-20-18(19)11-7-13-22-20/h3-13,17,24H,2,14-15H2,1H3. The Bertz CT molecular complexity index is 843. The molecule has 2 aromatic carbocycles. The summed E-state index contributed by atoms with van der Waals surface area (Å²) in [6.07, 6.45) is 1.79. The second-order valence-electron chi connectivity index (χ2n) is 6.11. The maximum atomic E-state index is 13.2. The smallest absolute Gasteiger partial charge is 0.254 e. The van der Waals surface area contributed by atoms with Gasteiger partial charge in [0.2, 0.25) is 0 Å². The Balaban J connectivity index is 1.95. The van der Waals surface area contributed by atoms with Crippen molar-refractivity contribution in [3.8, 4) is 0 Å². The molecule has 1 atom stereocenters. The third-order valence-electron chi connectivity index (χ3n) is 4.28. The molecular weight excluding hydrogens is 312 g/mol. The number of benzene rings is 2. The van der Waals surface area contributed by atoms with Gasteiger partial charge in [0.1, 0.15) is 0 Å². The predicted molar refractivity (Wildman–Crippen MR) is 99.2 cm³/mol. The van der Waals surface area contributed by atoms with Gasteiger partial charge in [0.25, 0.3) is 5.91 Å². The molecule has 0 spiro atoms. The van der Waals surface area contributed by atoms with E-state index in [9.17, 15) is 9.90 Å². The highest BCUT2D eigenvalue weighted by Crippen LogP contribution is 2.20. The second-order valence-corrected chi connectivity index (χ2v) is 6.11. The quantitative estimate of drug-likeness (QED) is 0.749. The lowest BCUT2D eigenvalue weighted by Crippen LogP contribution is -2.37. The highest BCUT2D eigenvalue weighted by atomic mass is 16.3. The number of hydrogen-bond acceptors (Lipinski definition) is 3. The van der Waals surface area contributed by atoms with Crippen molar-refractivity contribution in [1.29, 1.82) is 0 Å². The minimum absolute atomic E-state index is 0.0880. The Morgan fingerprint density at radius 3 is 2.64 bits per heavy atom. The average Bonchev–Trinajstić information content (AvgIpc) is 2.67. The van der Waals surface area contributed by atoms with E-state index in [-0.39, 0.29) is 5.91 Å². The van der Waals surface area contributed by atoms with Crippen molar-refractivity contribution in [1.82, 2.24) is 9.88 Å². The largest absolute Gasteiger partial charge is 0.391 e. The molecule has 0 saturated heterocycles. The summed E-state index contributed by atoms with van der Waals surface area (Å²) < 4.78 is 0. The lowest BCUT2D eigenvalue weighted by molar-refractivity contribution is 0.0600. The molecule has 1 N–H and O–H groups in total. The number of rotatable bonds is 6. The first-order valence-electron chi connectivity index (χ1n) is 8.54. The molecule has 1 amide bonds. The summed E-state index contributed by atoms with van der Waals surface area (Å²) in [5.74, 6) is -0.0880. The fraction of sp³-hybridized carbons (Fsp3) is 0.238. The molecule has 1 unspecified atom stereocenters. The van der Waals surface area contributed by atoms with Crippen molar-refractivity contribution in [2.45, 2.75) is 26.0 Å². The minimum Gasteiger partial charge on any atom is -0.391 e. The summed E-state index contributed by atoms with van der Waals surface area (Å²) in [6, 6.07) is 19.1. The van der Waals surface area contributed by atoms with E-state index in [4.69, 9.17) is 0 Å². The first-order chi connectivity index (χ1) is 12.2. The van der Waals surface area contributed by atoms with Gasteiger partial charge in [0.05, 0.1) is 11.6 Å². The molecule has 4 heteroatoms. The van der Waals surface area contributed by atoms with Gasteiger partial charge < -0.3 is 10.0 Å². The summed E-state index contributed by atoms with van der Waals surface area (Å²) >= 11 is 0. The van der Waals surface area contributed by atoms with E-state index < -0.39 is 6.10 Å². The van der Waals surface area contributed by atoms with Crippen molar-refractivity contribution in [3.05, 3.63) is 78.0 Å². The average molecular weight is 334 g/mol. The third-order valence-corrected chi connectivity index (χ3v) is 4.28. The van der Waals surface area contributed by atoms with Gasteiger partial charge in [0.15, 0.2) is 0 Å². The Kier molecular flexibility index (Phi) is 5.41. The van der Waals surface area contributed by atoms with Gasteiger partial charge in [-0.1, -0.05) is 49.4 Å². The summed E-state index contributed by atoms with van der Waals surface area (Å²) in [5, 5.41) is 10.9. The molecule has 0 aliphatic heterocycles. The van der Waals surface area contributed by atoms with Crippen LogP contribution in [0.25, 0.3) is 10.9 Å². The number of fused-ring (bicyclic) bond motifs is 1. The van der Waals surface area contributed by atoms with E-state index in [1.54, 1.807) is 11.1 Å². The predicted octanol–water partition coefficient (Wildman–Crippen LogP) is 3.65. The highest BCUT2D eigenvalue weighted by molar-refractivity contribution is 6.06. The van der Waals surface area contributed by atoms with Gasteiger partial charge in [-0.25, -0.2) is 0 Å². The number of nitrogens with zero attached hydrogens (tertiary/aromatic N) is 2. The Morgan fingerprint density at radius 2 is 1.88 bits per heavy atom. The van der Waals surface area contributed by atoms with E-state index in [0.717, 1.165) is 16.5 Å². The number of aromatic nitrogens is 1. The van der Waals surface area contributed by atoms with Crippen LogP contribution in [0.2, 0.25) is 0 Å². The van der Waals surface area contributed by atoms with Gasteiger partial charge in [-0.2, -0.15) is 0 Å². The molecule has 25 heavy (non-hydrogen) atoms. The van der Waals surface area contributed by atoms with Gasteiger partial charge >= 0.3 is 0 Å². The Hall–Kier alpha value is -2.72. The van der Waals surface area contributed by atoms with Crippen LogP contribution in [-0.2, 0) is 6.54 Å². The lowest BCUT2D eigenvalue weighted by Gasteiger charge is -2.25. The maximum Gasteiger partial charge on any atom is 0.254 e. The van der Waals surface area contributed by atoms with E-state index in [0.29, 0.717) is 25.1 Å². The van der Waals surface area contributed by atoms with Crippen LogP contribution in [-0.4, -0.2) is 33.5 Å². The SMILES string of the molecule is CCC(O)CN(Cc1ccccc1)C(=O)c1cccc2ncccc12. The van der Waals surface area contributed by atoms with Crippen molar-refractivity contribution in [2.75, 3.05) is 6.54 Å². The zero-order valence-electron chi connectivity index (χ0n) is 14.3. The Labute approximate surface area is 147 Å². The summed E-state index contributed by atoms with van der Waals surface area (Å²) in [6.45, 7) is 2.69. The van der Waals surface area contributed by atoms with Crippen LogP contribution in [0.15, 0.2) is 66.9 Å². The van der Waals surface area contributed by atoms with E-state index in [1.807, 2.05) is 67.6 Å². The van der Waals surface area contributed by atoms with E-state index in [1.165, 1.54) is 0 Å². The fourth-order valence-corrected chi connectivity index (χ4v) is 2.87. The van der Waals surface area contributed by atoms with Crippen LogP contribution in [0.4, 0.5) is 0 Å². The van der Waals surface area contributed by atoms with Gasteiger partial charge in [0, 0.05) is 30.2 Å². The molecule has 0 fully saturated rings. The number of pyridine rings is 1. The number of amides is 1. The van der Waals surface area contributed by atoms with Gasteiger partial charge in [-0.15, -0.1) is 0 Å². The van der Waals surface area contributed by atoms with Crippen molar-refractivity contribution in [3.63, 3.8) is 0 Å². The van der Waals surface area contributed by atoms with Crippen LogP contribution in [0.1, 0.15) is 29.3 Å². The number of carbonyl (C=O) groups is 1. The molecule has 4 nitrogen and oxygen atoms in total. The molecule has 3 rings (SSSR count). The van der Waals surface area contributed by atoms with Crippen molar-refractivity contribution in [2.24, 2.45) is 0 Å². The molecule has 0 radical (unpaired) electrons. The lowest BCUT2D eigenvalue weighted by atomic mass is 10.1. The monoisotopic (exact) mass is 334 g/mol. The van der Waals surface area contributed by atoms with Crippen molar-refractivity contribution >= 4 is 16.8 Å². The van der Waals surface area contributed by atoms with E-state index in [2.05, 4.69) is 4.98 Å². The molecule has 3 aromatic rings. The molecule has 1 aromatic heterocycles. The fourth-order valence-electron chi connectivity index (χ4n) is 2.87. The summed E-state index contributed by atoms with van der Waals surface area (Å²) in [4.78, 5) is 19.2. The molecule has 1 heterocycles. The number of carbonyl (C=O) groups excluding carboxylic acids is 1. The molecule has 0 aliphatic carbocycles. The first-order valence-corrected chi connectivity index (χ1v) is 8.54. The zero-order valence-corrected chi connectivity index (χ0v) is 14.3. The van der Waals surface area contributed by atoms with Crippen LogP contribution in [0, 0.1) is 0 Å². The third kappa shape index (κ3) is 4.03. The molecular formula is C21H22N2O2. The maximum absolute atomic E-state index is 13.2. The summed E-state index contributed by atoms with van der Waals surface area (Å²) in [7, 11) is 0. The second kappa shape index (κ2) is 7.90. The van der Waals surface area contributed by atoms with Gasteiger partial charge in [-0.3, -0.25) is 9.78 Å². The van der Waals surface area contributed by atoms with Crippen molar-refractivity contribution < 1.29 is 9.90 Å². The topological polar surface area (TPSA) is 53.4 Å². The normalized spacial score (nSPS) is 12.1.